The van der Waals surface area contributed by atoms with Gasteiger partial charge in [-0.05, 0) is 54.3 Å². The molecule has 0 aliphatic heterocycles. The summed E-state index contributed by atoms with van der Waals surface area (Å²) in [5.41, 5.74) is 2.95. The molecule has 6 heteroatoms. The van der Waals surface area contributed by atoms with Gasteiger partial charge in [-0.2, -0.15) is 5.10 Å². The third-order valence-corrected chi connectivity index (χ3v) is 4.74. The van der Waals surface area contributed by atoms with E-state index in [9.17, 15) is 4.79 Å². The molecular formula is C25H29N3O3. The van der Waals surface area contributed by atoms with E-state index >= 15 is 0 Å². The second-order valence-corrected chi connectivity index (χ2v) is 7.12. The highest BCUT2D eigenvalue weighted by Gasteiger charge is 2.05. The van der Waals surface area contributed by atoms with Gasteiger partial charge in [0.2, 0.25) is 5.91 Å². The molecule has 3 rings (SSSR count). The number of nitrogens with one attached hydrogen (secondary N) is 1. The van der Waals surface area contributed by atoms with Crippen LogP contribution in [0.1, 0.15) is 30.9 Å². The molecule has 0 saturated carbocycles. The second-order valence-electron chi connectivity index (χ2n) is 7.12. The summed E-state index contributed by atoms with van der Waals surface area (Å²) >= 11 is 0. The Morgan fingerprint density at radius 3 is 2.77 bits per heavy atom. The zero-order chi connectivity index (χ0) is 21.9. The van der Waals surface area contributed by atoms with E-state index in [0.29, 0.717) is 31.1 Å². The van der Waals surface area contributed by atoms with Crippen LogP contribution in [0.25, 0.3) is 11.8 Å². The summed E-state index contributed by atoms with van der Waals surface area (Å²) in [5.74, 6) is 1.24. The molecule has 1 N–H and O–H groups in total. The number of ether oxygens (including phenoxy) is 2. The van der Waals surface area contributed by atoms with Gasteiger partial charge in [0.1, 0.15) is 0 Å². The first-order valence-corrected chi connectivity index (χ1v) is 10.6. The number of amides is 1. The number of para-hydroxylation sites is 1. The molecule has 6 nitrogen and oxygen atoms in total. The van der Waals surface area contributed by atoms with Crippen molar-refractivity contribution in [3.8, 4) is 17.2 Å². The number of aromatic nitrogens is 2. The van der Waals surface area contributed by atoms with Crippen LogP contribution in [0.2, 0.25) is 0 Å². The molecule has 3 aromatic rings. The Bertz CT molecular complexity index is 996. The number of hydrogen-bond donors (Lipinski definition) is 1. The molecule has 2 aromatic carbocycles. The van der Waals surface area contributed by atoms with E-state index in [1.54, 1.807) is 13.2 Å². The van der Waals surface area contributed by atoms with Crippen molar-refractivity contribution in [2.75, 3.05) is 20.3 Å². The monoisotopic (exact) mass is 419 g/mol. The van der Waals surface area contributed by atoms with Crippen LogP contribution in [0.3, 0.4) is 0 Å². The predicted octanol–water partition coefficient (Wildman–Crippen LogP) is 4.43. The summed E-state index contributed by atoms with van der Waals surface area (Å²) in [5, 5.41) is 7.28. The van der Waals surface area contributed by atoms with Crippen molar-refractivity contribution in [3.63, 3.8) is 0 Å². The molecule has 1 amide bonds. The Kier molecular flexibility index (Phi) is 8.29. The highest BCUT2D eigenvalue weighted by atomic mass is 16.5. The van der Waals surface area contributed by atoms with Gasteiger partial charge in [-0.15, -0.1) is 0 Å². The summed E-state index contributed by atoms with van der Waals surface area (Å²) in [7, 11) is 1.61. The second kappa shape index (κ2) is 11.6. The first-order valence-electron chi connectivity index (χ1n) is 10.6. The van der Waals surface area contributed by atoms with Crippen LogP contribution in [0.5, 0.6) is 11.5 Å². The molecule has 0 atom stereocenters. The Labute approximate surface area is 183 Å². The number of carbonyl (C=O) groups is 1. The van der Waals surface area contributed by atoms with Crippen LogP contribution >= 0.6 is 0 Å². The van der Waals surface area contributed by atoms with Gasteiger partial charge in [-0.3, -0.25) is 4.79 Å². The third-order valence-electron chi connectivity index (χ3n) is 4.74. The van der Waals surface area contributed by atoms with Gasteiger partial charge in [0.05, 0.1) is 25.6 Å². The van der Waals surface area contributed by atoms with Crippen molar-refractivity contribution < 1.29 is 14.3 Å². The molecule has 1 aromatic heterocycles. The van der Waals surface area contributed by atoms with Crippen LogP contribution in [-0.2, 0) is 11.2 Å². The topological polar surface area (TPSA) is 65.4 Å². The zero-order valence-corrected chi connectivity index (χ0v) is 18.1. The van der Waals surface area contributed by atoms with Crippen LogP contribution in [0.4, 0.5) is 0 Å². The first kappa shape index (κ1) is 22.2. The fourth-order valence-electron chi connectivity index (χ4n) is 3.01. The van der Waals surface area contributed by atoms with Gasteiger partial charge in [0, 0.05) is 18.8 Å². The molecule has 0 fully saturated rings. The normalized spacial score (nSPS) is 10.9. The summed E-state index contributed by atoms with van der Waals surface area (Å²) in [4.78, 5) is 12.2. The van der Waals surface area contributed by atoms with E-state index < -0.39 is 0 Å². The van der Waals surface area contributed by atoms with Crippen molar-refractivity contribution >= 4 is 12.0 Å². The maximum absolute atomic E-state index is 12.2. The number of hydrogen-bond acceptors (Lipinski definition) is 4. The molecule has 0 radical (unpaired) electrons. The van der Waals surface area contributed by atoms with Crippen molar-refractivity contribution in [1.82, 2.24) is 15.1 Å². The van der Waals surface area contributed by atoms with Gasteiger partial charge in [0.25, 0.3) is 0 Å². The van der Waals surface area contributed by atoms with Gasteiger partial charge < -0.3 is 14.8 Å². The summed E-state index contributed by atoms with van der Waals surface area (Å²) in [6.07, 6.45) is 9.88. The molecule has 0 bridgehead atoms. The lowest BCUT2D eigenvalue weighted by Gasteiger charge is -2.10. The molecule has 1 heterocycles. The number of nitrogens with zero attached hydrogens (tertiary/aromatic N) is 2. The molecule has 162 valence electrons. The minimum absolute atomic E-state index is 0.141. The third kappa shape index (κ3) is 6.74. The Morgan fingerprint density at radius 1 is 1.16 bits per heavy atom. The van der Waals surface area contributed by atoms with Crippen LogP contribution in [0.15, 0.2) is 67.0 Å². The van der Waals surface area contributed by atoms with Crippen LogP contribution in [0, 0.1) is 0 Å². The molecule has 0 unspecified atom stereocenters. The van der Waals surface area contributed by atoms with E-state index in [1.165, 1.54) is 6.08 Å². The quantitative estimate of drug-likeness (QED) is 0.369. The lowest BCUT2D eigenvalue weighted by atomic mass is 10.2. The molecule has 0 aliphatic carbocycles. The number of carbonyl (C=O) groups excluding carboxylic acids is 1. The SMILES string of the molecule is CCCCOc1ccc(/C=C/C(=O)NCCc2cnn(-c3ccccc3)c2)cc1OC. The van der Waals surface area contributed by atoms with Gasteiger partial charge in [-0.25, -0.2) is 4.68 Å². The van der Waals surface area contributed by atoms with Crippen molar-refractivity contribution in [1.29, 1.82) is 0 Å². The Balaban J connectivity index is 1.48. The number of benzene rings is 2. The van der Waals surface area contributed by atoms with Crippen LogP contribution in [-0.4, -0.2) is 35.9 Å². The van der Waals surface area contributed by atoms with Gasteiger partial charge in [-0.1, -0.05) is 37.6 Å². The van der Waals surface area contributed by atoms with Crippen molar-refractivity contribution in [3.05, 3.63) is 78.1 Å². The minimum Gasteiger partial charge on any atom is -0.493 e. The fraction of sp³-hybridized carbons (Fsp3) is 0.280. The van der Waals surface area contributed by atoms with E-state index in [-0.39, 0.29) is 5.91 Å². The lowest BCUT2D eigenvalue weighted by molar-refractivity contribution is -0.116. The maximum atomic E-state index is 12.2. The average Bonchev–Trinajstić information content (AvgIpc) is 3.28. The standard InChI is InChI=1S/C25H29N3O3/c1-3-4-16-31-23-12-10-20(17-24(23)30-2)11-13-25(29)26-15-14-21-18-27-28(19-21)22-8-6-5-7-9-22/h5-13,17-19H,3-4,14-16H2,1-2H3,(H,26,29)/b13-11+. The Morgan fingerprint density at radius 2 is 2.00 bits per heavy atom. The number of unbranched alkanes of at least 4 members (excludes halogenated alkanes) is 1. The number of methoxy groups -OCH3 is 1. The minimum atomic E-state index is -0.141. The van der Waals surface area contributed by atoms with Crippen molar-refractivity contribution in [2.45, 2.75) is 26.2 Å². The lowest BCUT2D eigenvalue weighted by Crippen LogP contribution is -2.23. The molecular weight excluding hydrogens is 390 g/mol. The fourth-order valence-corrected chi connectivity index (χ4v) is 3.01. The predicted molar refractivity (Wildman–Crippen MR) is 123 cm³/mol. The number of rotatable bonds is 11. The molecule has 0 aliphatic rings. The largest absolute Gasteiger partial charge is 0.493 e. The van der Waals surface area contributed by atoms with E-state index in [4.69, 9.17) is 9.47 Å². The zero-order valence-electron chi connectivity index (χ0n) is 18.1. The summed E-state index contributed by atoms with van der Waals surface area (Å²) < 4.78 is 13.0. The first-order chi connectivity index (χ1) is 15.2. The highest BCUT2D eigenvalue weighted by Crippen LogP contribution is 2.28. The van der Waals surface area contributed by atoms with E-state index in [1.807, 2.05) is 65.6 Å². The van der Waals surface area contributed by atoms with Gasteiger partial charge >= 0.3 is 0 Å². The molecule has 0 spiro atoms. The average molecular weight is 420 g/mol. The van der Waals surface area contributed by atoms with E-state index in [0.717, 1.165) is 29.7 Å². The molecule has 31 heavy (non-hydrogen) atoms. The summed E-state index contributed by atoms with van der Waals surface area (Å²) in [6, 6.07) is 15.6. The Hall–Kier alpha value is -3.54. The summed E-state index contributed by atoms with van der Waals surface area (Å²) in [6.45, 7) is 3.32. The highest BCUT2D eigenvalue weighted by molar-refractivity contribution is 5.91. The van der Waals surface area contributed by atoms with Crippen molar-refractivity contribution in [2.24, 2.45) is 0 Å². The van der Waals surface area contributed by atoms with Gasteiger partial charge in [0.15, 0.2) is 11.5 Å². The van der Waals surface area contributed by atoms with Crippen LogP contribution < -0.4 is 14.8 Å². The molecule has 0 saturated heterocycles. The smallest absolute Gasteiger partial charge is 0.244 e. The maximum Gasteiger partial charge on any atom is 0.244 e. The van der Waals surface area contributed by atoms with E-state index in [2.05, 4.69) is 17.3 Å².